The van der Waals surface area contributed by atoms with E-state index >= 15 is 0 Å². The van der Waals surface area contributed by atoms with E-state index in [1.54, 1.807) is 20.5 Å². The van der Waals surface area contributed by atoms with E-state index in [9.17, 15) is 0 Å². The molecule has 0 atom stereocenters. The van der Waals surface area contributed by atoms with E-state index in [0.717, 1.165) is 52.6 Å². The molecule has 2 aromatic carbocycles. The fourth-order valence-electron chi connectivity index (χ4n) is 3.58. The molecule has 1 N–H and O–H groups in total. The Kier molecular flexibility index (Phi) is 3.86. The molecule has 5 rings (SSSR count). The van der Waals surface area contributed by atoms with Crippen LogP contribution in [-0.2, 0) is 0 Å². The summed E-state index contributed by atoms with van der Waals surface area (Å²) in [5, 5.41) is 0. The molecular weight excluding hydrogens is 354 g/mol. The number of fused-ring (bicyclic) bond motifs is 4. The molecule has 3 aromatic rings. The normalized spacial score (nSPS) is 15.4. The number of nitrogens with one attached hydrogen (secondary N) is 1. The van der Waals surface area contributed by atoms with E-state index in [0.29, 0.717) is 11.5 Å². The van der Waals surface area contributed by atoms with Crippen LogP contribution in [-0.4, -0.2) is 53.8 Å². The highest BCUT2D eigenvalue weighted by Crippen LogP contribution is 2.38. The molecule has 0 amide bonds. The molecule has 2 aliphatic rings. The summed E-state index contributed by atoms with van der Waals surface area (Å²) in [5.41, 5.74) is 4.84. The number of benzene rings is 2. The van der Waals surface area contributed by atoms with Crippen LogP contribution < -0.4 is 9.47 Å². The Bertz CT molecular complexity index is 1160. The van der Waals surface area contributed by atoms with Crippen LogP contribution in [0.5, 0.6) is 11.5 Å². The molecule has 1 aromatic heterocycles. The minimum absolute atomic E-state index is 0.657. The van der Waals surface area contributed by atoms with Gasteiger partial charge in [-0.05, 0) is 29.8 Å². The Hall–Kier alpha value is -3.61. The minimum Gasteiger partial charge on any atom is -0.493 e. The van der Waals surface area contributed by atoms with Crippen molar-refractivity contribution >= 4 is 34.5 Å². The van der Waals surface area contributed by atoms with E-state index in [1.165, 1.54) is 0 Å². The zero-order chi connectivity index (χ0) is 19.1. The summed E-state index contributed by atoms with van der Waals surface area (Å²) in [5.74, 6) is 3.12. The Labute approximate surface area is 162 Å². The molecule has 0 spiro atoms. The average Bonchev–Trinajstić information content (AvgIpc) is 3.40. The number of rotatable bonds is 4. The standard InChI is InChI=1S/C21H19N5O2/c1-27-18-10-14-16(11-19(18)28-2)25-20(26-8-7-22-21(14)26)6-4-13-3-5-15-17(9-13)24-12-23-15/h3-6,9-12H,7-8H2,1-2H3,(H,23,24). The number of aliphatic imine (C=N–C) groups is 2. The molecular formula is C21H19N5O2. The van der Waals surface area contributed by atoms with E-state index < -0.39 is 0 Å². The van der Waals surface area contributed by atoms with Gasteiger partial charge >= 0.3 is 0 Å². The molecule has 0 aliphatic carbocycles. The van der Waals surface area contributed by atoms with Gasteiger partial charge in [0.2, 0.25) is 0 Å². The summed E-state index contributed by atoms with van der Waals surface area (Å²) in [6.45, 7) is 1.56. The average molecular weight is 373 g/mol. The van der Waals surface area contributed by atoms with Gasteiger partial charge in [0.05, 0.1) is 43.8 Å². The van der Waals surface area contributed by atoms with Crippen molar-refractivity contribution in [2.24, 2.45) is 9.98 Å². The molecule has 0 fully saturated rings. The number of nitrogens with zero attached hydrogens (tertiary/aromatic N) is 4. The van der Waals surface area contributed by atoms with Crippen molar-refractivity contribution in [1.29, 1.82) is 0 Å². The van der Waals surface area contributed by atoms with Gasteiger partial charge < -0.3 is 19.4 Å². The van der Waals surface area contributed by atoms with Crippen molar-refractivity contribution in [3.05, 3.63) is 53.9 Å². The highest BCUT2D eigenvalue weighted by Gasteiger charge is 2.29. The number of hydrogen-bond donors (Lipinski definition) is 1. The maximum atomic E-state index is 5.44. The van der Waals surface area contributed by atoms with Crippen LogP contribution in [0.3, 0.4) is 0 Å². The first-order valence-electron chi connectivity index (χ1n) is 9.05. The maximum Gasteiger partial charge on any atom is 0.162 e. The fraction of sp³-hybridized carbons (Fsp3) is 0.190. The summed E-state index contributed by atoms with van der Waals surface area (Å²) in [6, 6.07) is 9.97. The van der Waals surface area contributed by atoms with Gasteiger partial charge in [0.25, 0.3) is 0 Å². The Morgan fingerprint density at radius 2 is 1.93 bits per heavy atom. The number of hydrogen-bond acceptors (Lipinski definition) is 6. The van der Waals surface area contributed by atoms with Gasteiger partial charge in [-0.25, -0.2) is 9.98 Å². The van der Waals surface area contributed by atoms with Gasteiger partial charge in [-0.1, -0.05) is 12.1 Å². The van der Waals surface area contributed by atoms with Crippen molar-refractivity contribution in [2.45, 2.75) is 0 Å². The number of aromatic amines is 1. The molecule has 0 saturated carbocycles. The second kappa shape index (κ2) is 6.53. The molecule has 140 valence electrons. The summed E-state index contributed by atoms with van der Waals surface area (Å²) in [6.07, 6.45) is 5.79. The van der Waals surface area contributed by atoms with Crippen LogP contribution in [0.2, 0.25) is 0 Å². The molecule has 0 bridgehead atoms. The van der Waals surface area contributed by atoms with Gasteiger partial charge in [-0.2, -0.15) is 0 Å². The molecule has 2 aliphatic heterocycles. The fourth-order valence-corrected chi connectivity index (χ4v) is 3.58. The van der Waals surface area contributed by atoms with E-state index in [1.807, 2.05) is 30.3 Å². The minimum atomic E-state index is 0.657. The molecule has 0 saturated heterocycles. The smallest absolute Gasteiger partial charge is 0.162 e. The van der Waals surface area contributed by atoms with Gasteiger partial charge in [-0.15, -0.1) is 0 Å². The van der Waals surface area contributed by atoms with Gasteiger partial charge in [0.15, 0.2) is 11.5 Å². The van der Waals surface area contributed by atoms with Crippen molar-refractivity contribution in [1.82, 2.24) is 14.9 Å². The van der Waals surface area contributed by atoms with E-state index in [-0.39, 0.29) is 0 Å². The number of methoxy groups -OCH3 is 2. The number of H-pyrrole nitrogens is 1. The van der Waals surface area contributed by atoms with Crippen LogP contribution in [0.4, 0.5) is 5.69 Å². The third-order valence-corrected chi connectivity index (χ3v) is 4.96. The highest BCUT2D eigenvalue weighted by molar-refractivity contribution is 6.19. The predicted molar refractivity (Wildman–Crippen MR) is 110 cm³/mol. The lowest BCUT2D eigenvalue weighted by atomic mass is 10.1. The van der Waals surface area contributed by atoms with E-state index in [4.69, 9.17) is 14.5 Å². The Morgan fingerprint density at radius 3 is 2.79 bits per heavy atom. The third kappa shape index (κ3) is 2.63. The Morgan fingerprint density at radius 1 is 1.07 bits per heavy atom. The summed E-state index contributed by atoms with van der Waals surface area (Å²) < 4.78 is 10.9. The van der Waals surface area contributed by atoms with Crippen molar-refractivity contribution in [3.8, 4) is 11.5 Å². The van der Waals surface area contributed by atoms with Crippen LogP contribution in [0.25, 0.3) is 17.1 Å². The van der Waals surface area contributed by atoms with Crippen LogP contribution >= 0.6 is 0 Å². The SMILES string of the molecule is COc1cc2c(cc1OC)C1=NCCN1C(C=Cc1ccc3nc[nH]c3c1)=N2. The number of ether oxygens (including phenoxy) is 2. The Balaban J connectivity index is 1.56. The lowest BCUT2D eigenvalue weighted by Crippen LogP contribution is -2.36. The van der Waals surface area contributed by atoms with Crippen molar-refractivity contribution in [3.63, 3.8) is 0 Å². The largest absolute Gasteiger partial charge is 0.493 e. The van der Waals surface area contributed by atoms with Crippen LogP contribution in [0.1, 0.15) is 11.1 Å². The molecule has 7 heteroatoms. The predicted octanol–water partition coefficient (Wildman–Crippen LogP) is 3.40. The lowest BCUT2D eigenvalue weighted by Gasteiger charge is -2.26. The zero-order valence-electron chi connectivity index (χ0n) is 15.6. The second-order valence-electron chi connectivity index (χ2n) is 6.56. The first-order chi connectivity index (χ1) is 13.8. The summed E-state index contributed by atoms with van der Waals surface area (Å²) >= 11 is 0. The van der Waals surface area contributed by atoms with Crippen LogP contribution in [0.15, 0.2) is 52.7 Å². The van der Waals surface area contributed by atoms with Crippen molar-refractivity contribution < 1.29 is 9.47 Å². The number of imidazole rings is 1. The quantitative estimate of drug-likeness (QED) is 0.761. The van der Waals surface area contributed by atoms with Gasteiger partial charge in [0, 0.05) is 18.2 Å². The lowest BCUT2D eigenvalue weighted by molar-refractivity contribution is 0.355. The molecule has 3 heterocycles. The summed E-state index contributed by atoms with van der Waals surface area (Å²) in [7, 11) is 3.26. The monoisotopic (exact) mass is 373 g/mol. The maximum absolute atomic E-state index is 5.44. The number of aromatic nitrogens is 2. The first kappa shape index (κ1) is 16.6. The van der Waals surface area contributed by atoms with Gasteiger partial charge in [-0.3, -0.25) is 4.99 Å². The molecule has 0 radical (unpaired) electrons. The van der Waals surface area contributed by atoms with Crippen molar-refractivity contribution in [2.75, 3.05) is 27.3 Å². The third-order valence-electron chi connectivity index (χ3n) is 4.96. The highest BCUT2D eigenvalue weighted by atomic mass is 16.5. The second-order valence-corrected chi connectivity index (χ2v) is 6.56. The van der Waals surface area contributed by atoms with Crippen LogP contribution in [0, 0.1) is 0 Å². The zero-order valence-corrected chi connectivity index (χ0v) is 15.6. The molecule has 0 unspecified atom stereocenters. The topological polar surface area (TPSA) is 75.1 Å². The number of amidine groups is 2. The summed E-state index contributed by atoms with van der Waals surface area (Å²) in [4.78, 5) is 19.1. The van der Waals surface area contributed by atoms with Gasteiger partial charge in [0.1, 0.15) is 11.7 Å². The molecule has 7 nitrogen and oxygen atoms in total. The first-order valence-corrected chi connectivity index (χ1v) is 9.05. The van der Waals surface area contributed by atoms with E-state index in [2.05, 4.69) is 32.0 Å². The molecule has 28 heavy (non-hydrogen) atoms.